The lowest BCUT2D eigenvalue weighted by atomic mass is 9.78. The Morgan fingerprint density at radius 2 is 1.04 bits per heavy atom. The van der Waals surface area contributed by atoms with Crippen LogP contribution in [0.4, 0.5) is 0 Å². The Morgan fingerprint density at radius 3 is 1.33 bits per heavy atom. The van der Waals surface area contributed by atoms with E-state index in [4.69, 9.17) is 9.47 Å². The Morgan fingerprint density at radius 1 is 0.704 bits per heavy atom. The van der Waals surface area contributed by atoms with Crippen molar-refractivity contribution in [2.45, 2.75) is 28.9 Å². The third-order valence-corrected chi connectivity index (χ3v) is 8.83. The fraction of sp³-hybridized carbons (Fsp3) is 0.429. The third kappa shape index (κ3) is 7.06. The van der Waals surface area contributed by atoms with Crippen molar-refractivity contribution in [3.05, 3.63) is 59.7 Å². The molecule has 2 atom stereocenters. The van der Waals surface area contributed by atoms with Crippen LogP contribution in [0.2, 0.25) is 0 Å². The van der Waals surface area contributed by atoms with Gasteiger partial charge in [-0.1, -0.05) is 102 Å². The van der Waals surface area contributed by atoms with E-state index >= 15 is 0 Å². The van der Waals surface area contributed by atoms with Crippen molar-refractivity contribution in [1.29, 1.82) is 0 Å². The zero-order valence-corrected chi connectivity index (χ0v) is 21.8. The molecule has 0 spiro atoms. The van der Waals surface area contributed by atoms with E-state index in [1.807, 2.05) is 24.3 Å². The van der Waals surface area contributed by atoms with Gasteiger partial charge in [0.1, 0.15) is 24.7 Å². The first kappa shape index (κ1) is 23.2. The summed E-state index contributed by atoms with van der Waals surface area (Å²) >= 11 is 14.0. The number of alkyl halides is 4. The van der Waals surface area contributed by atoms with Crippen LogP contribution in [0.5, 0.6) is 11.5 Å². The molecule has 2 rings (SSSR count). The molecular formula is C21H24Br4O2. The highest BCUT2D eigenvalue weighted by molar-refractivity contribution is 9.12. The van der Waals surface area contributed by atoms with Gasteiger partial charge < -0.3 is 9.47 Å². The Kier molecular flexibility index (Phi) is 9.66. The molecule has 0 bridgehead atoms. The summed E-state index contributed by atoms with van der Waals surface area (Å²) in [5.74, 6) is 1.78. The van der Waals surface area contributed by atoms with Crippen LogP contribution in [0.25, 0.3) is 0 Å². The SMILES string of the molecule is CC(C)(c1ccc(OCC(Br)CBr)cc1)c1ccc(OCC(Br)CBr)cc1. The summed E-state index contributed by atoms with van der Waals surface area (Å²) < 4.78 is 11.6. The second-order valence-electron chi connectivity index (χ2n) is 6.80. The van der Waals surface area contributed by atoms with Gasteiger partial charge in [0.25, 0.3) is 0 Å². The summed E-state index contributed by atoms with van der Waals surface area (Å²) in [7, 11) is 0. The Hall–Kier alpha value is -0.0400. The highest BCUT2D eigenvalue weighted by Crippen LogP contribution is 2.33. The Bertz CT molecular complexity index is 627. The minimum atomic E-state index is -0.0985. The van der Waals surface area contributed by atoms with Gasteiger partial charge in [0.15, 0.2) is 0 Å². The average molecular weight is 628 g/mol. The highest BCUT2D eigenvalue weighted by Gasteiger charge is 2.23. The van der Waals surface area contributed by atoms with Crippen LogP contribution in [0.1, 0.15) is 25.0 Å². The molecule has 0 amide bonds. The van der Waals surface area contributed by atoms with Gasteiger partial charge in [0.05, 0.1) is 9.65 Å². The zero-order valence-electron chi connectivity index (χ0n) is 15.4. The van der Waals surface area contributed by atoms with Gasteiger partial charge in [-0.05, 0) is 35.4 Å². The molecule has 2 unspecified atom stereocenters. The van der Waals surface area contributed by atoms with Gasteiger partial charge in [-0.15, -0.1) is 0 Å². The van der Waals surface area contributed by atoms with Gasteiger partial charge >= 0.3 is 0 Å². The minimum Gasteiger partial charge on any atom is -0.492 e. The molecular weight excluding hydrogens is 604 g/mol. The summed E-state index contributed by atoms with van der Waals surface area (Å²) in [5, 5.41) is 1.73. The van der Waals surface area contributed by atoms with Gasteiger partial charge in [-0.25, -0.2) is 0 Å². The molecule has 0 radical (unpaired) electrons. The lowest BCUT2D eigenvalue weighted by Crippen LogP contribution is -2.19. The lowest BCUT2D eigenvalue weighted by molar-refractivity contribution is 0.325. The van der Waals surface area contributed by atoms with Gasteiger partial charge in [-0.3, -0.25) is 0 Å². The number of hydrogen-bond acceptors (Lipinski definition) is 2. The molecule has 2 aromatic carbocycles. The first-order valence-electron chi connectivity index (χ1n) is 8.73. The number of rotatable bonds is 10. The molecule has 0 aliphatic carbocycles. The summed E-state index contributed by atoms with van der Waals surface area (Å²) in [6, 6.07) is 16.7. The van der Waals surface area contributed by atoms with E-state index in [9.17, 15) is 0 Å². The Labute approximate surface area is 195 Å². The third-order valence-electron chi connectivity index (χ3n) is 4.35. The maximum Gasteiger partial charge on any atom is 0.119 e. The number of ether oxygens (including phenoxy) is 2. The second kappa shape index (κ2) is 11.2. The second-order valence-corrected chi connectivity index (χ2v) is 10.7. The van der Waals surface area contributed by atoms with Gasteiger partial charge in [0, 0.05) is 16.1 Å². The predicted molar refractivity (Wildman–Crippen MR) is 129 cm³/mol. The molecule has 0 aromatic heterocycles. The van der Waals surface area contributed by atoms with Crippen molar-refractivity contribution in [2.24, 2.45) is 0 Å². The van der Waals surface area contributed by atoms with E-state index in [0.29, 0.717) is 22.9 Å². The van der Waals surface area contributed by atoms with Crippen LogP contribution < -0.4 is 9.47 Å². The summed E-state index contributed by atoms with van der Waals surface area (Å²) in [4.78, 5) is 0.618. The molecule has 148 valence electrons. The van der Waals surface area contributed by atoms with Gasteiger partial charge in [0.2, 0.25) is 0 Å². The molecule has 27 heavy (non-hydrogen) atoms. The maximum absolute atomic E-state index is 5.80. The smallest absolute Gasteiger partial charge is 0.119 e. The minimum absolute atomic E-state index is 0.0985. The molecule has 2 nitrogen and oxygen atoms in total. The highest BCUT2D eigenvalue weighted by atomic mass is 79.9. The van der Waals surface area contributed by atoms with Crippen LogP contribution in [0, 0.1) is 0 Å². The van der Waals surface area contributed by atoms with Crippen molar-refractivity contribution < 1.29 is 9.47 Å². The molecule has 2 aromatic rings. The predicted octanol–water partition coefficient (Wildman–Crippen LogP) is 7.09. The van der Waals surface area contributed by atoms with Crippen molar-refractivity contribution >= 4 is 63.7 Å². The van der Waals surface area contributed by atoms with Crippen molar-refractivity contribution in [3.63, 3.8) is 0 Å². The average Bonchev–Trinajstić information content (AvgIpc) is 2.70. The molecule has 0 aliphatic heterocycles. The van der Waals surface area contributed by atoms with E-state index in [1.54, 1.807) is 0 Å². The molecule has 0 saturated heterocycles. The number of hydrogen-bond donors (Lipinski definition) is 0. The van der Waals surface area contributed by atoms with Crippen molar-refractivity contribution in [2.75, 3.05) is 23.9 Å². The van der Waals surface area contributed by atoms with E-state index in [-0.39, 0.29) is 5.41 Å². The number of benzene rings is 2. The van der Waals surface area contributed by atoms with E-state index in [0.717, 1.165) is 22.2 Å². The Balaban J connectivity index is 2.04. The first-order valence-corrected chi connectivity index (χ1v) is 12.8. The molecule has 0 heterocycles. The quantitative estimate of drug-likeness (QED) is 0.262. The molecule has 0 aliphatic rings. The molecule has 0 saturated carbocycles. The first-order chi connectivity index (χ1) is 12.9. The van der Waals surface area contributed by atoms with Crippen LogP contribution in [0.15, 0.2) is 48.5 Å². The molecule has 6 heteroatoms. The standard InChI is InChI=1S/C21H24Br4O2/c1-21(2,15-3-7-19(8-4-15)26-13-17(24)11-22)16-5-9-20(10-6-16)27-14-18(25)12-23/h3-10,17-18H,11-14H2,1-2H3. The number of halogens is 4. The fourth-order valence-electron chi connectivity index (χ4n) is 2.56. The van der Waals surface area contributed by atoms with Crippen LogP contribution >= 0.6 is 63.7 Å². The van der Waals surface area contributed by atoms with Crippen LogP contribution in [0.3, 0.4) is 0 Å². The largest absolute Gasteiger partial charge is 0.492 e. The maximum atomic E-state index is 5.80. The normalized spacial score (nSPS) is 13.9. The van der Waals surface area contributed by atoms with E-state index < -0.39 is 0 Å². The van der Waals surface area contributed by atoms with Crippen molar-refractivity contribution in [1.82, 2.24) is 0 Å². The van der Waals surface area contributed by atoms with Crippen molar-refractivity contribution in [3.8, 4) is 11.5 Å². The summed E-state index contributed by atoms with van der Waals surface area (Å²) in [5.41, 5.74) is 2.40. The summed E-state index contributed by atoms with van der Waals surface area (Å²) in [6.45, 7) is 5.74. The molecule has 0 fully saturated rings. The molecule has 0 N–H and O–H groups in total. The van der Waals surface area contributed by atoms with E-state index in [1.165, 1.54) is 11.1 Å². The lowest BCUT2D eigenvalue weighted by Gasteiger charge is -2.26. The van der Waals surface area contributed by atoms with Gasteiger partial charge in [-0.2, -0.15) is 0 Å². The van der Waals surface area contributed by atoms with Crippen LogP contribution in [-0.4, -0.2) is 33.5 Å². The summed E-state index contributed by atoms with van der Waals surface area (Å²) in [6.07, 6.45) is 0. The zero-order chi connectivity index (χ0) is 19.9. The fourth-order valence-corrected chi connectivity index (χ4v) is 3.20. The van der Waals surface area contributed by atoms with E-state index in [2.05, 4.69) is 102 Å². The monoisotopic (exact) mass is 624 g/mol. The topological polar surface area (TPSA) is 18.5 Å². The van der Waals surface area contributed by atoms with Crippen LogP contribution in [-0.2, 0) is 5.41 Å².